The zero-order valence-electron chi connectivity index (χ0n) is 12.4. The van der Waals surface area contributed by atoms with E-state index in [1.165, 1.54) is 11.1 Å². The normalized spacial score (nSPS) is 21.3. The number of β-lactam (4-membered cyclic amide) rings is 1. The summed E-state index contributed by atoms with van der Waals surface area (Å²) < 4.78 is 0. The third-order valence-electron chi connectivity index (χ3n) is 4.18. The van der Waals surface area contributed by atoms with Crippen LogP contribution >= 0.6 is 0 Å². The van der Waals surface area contributed by atoms with Gasteiger partial charge in [-0.3, -0.25) is 4.79 Å². The van der Waals surface area contributed by atoms with Gasteiger partial charge in [-0.05, 0) is 36.6 Å². The molecule has 2 atom stereocenters. The summed E-state index contributed by atoms with van der Waals surface area (Å²) in [7, 11) is 0. The Morgan fingerprint density at radius 3 is 2.24 bits per heavy atom. The van der Waals surface area contributed by atoms with Crippen molar-refractivity contribution in [1.82, 2.24) is 0 Å². The number of nitrogens with two attached hydrogens (primary N) is 1. The van der Waals surface area contributed by atoms with Crippen molar-refractivity contribution in [3.8, 4) is 0 Å². The molecular formula is C18H20N2O. The lowest BCUT2D eigenvalue weighted by molar-refractivity contribution is -0.126. The fourth-order valence-electron chi connectivity index (χ4n) is 2.81. The van der Waals surface area contributed by atoms with Gasteiger partial charge in [-0.1, -0.05) is 48.9 Å². The van der Waals surface area contributed by atoms with Crippen molar-refractivity contribution in [2.24, 2.45) is 5.73 Å². The Bertz CT molecular complexity index is 646. The van der Waals surface area contributed by atoms with Crippen LogP contribution in [0.15, 0.2) is 48.5 Å². The quantitative estimate of drug-likeness (QED) is 0.879. The average molecular weight is 280 g/mol. The van der Waals surface area contributed by atoms with Crippen LogP contribution in [-0.2, 0) is 11.2 Å². The van der Waals surface area contributed by atoms with Gasteiger partial charge in [0.15, 0.2) is 0 Å². The van der Waals surface area contributed by atoms with Crippen LogP contribution in [-0.4, -0.2) is 11.9 Å². The van der Waals surface area contributed by atoms with Gasteiger partial charge in [0.2, 0.25) is 5.91 Å². The van der Waals surface area contributed by atoms with E-state index in [0.29, 0.717) is 0 Å². The van der Waals surface area contributed by atoms with Gasteiger partial charge in [-0.2, -0.15) is 0 Å². The molecule has 1 aliphatic rings. The van der Waals surface area contributed by atoms with Gasteiger partial charge in [-0.15, -0.1) is 0 Å². The second-order valence-electron chi connectivity index (χ2n) is 5.61. The van der Waals surface area contributed by atoms with Gasteiger partial charge in [0.1, 0.15) is 6.04 Å². The van der Waals surface area contributed by atoms with Crippen molar-refractivity contribution >= 4 is 11.6 Å². The number of amides is 1. The van der Waals surface area contributed by atoms with E-state index in [1.54, 1.807) is 4.90 Å². The fraction of sp³-hybridized carbons (Fsp3) is 0.278. The summed E-state index contributed by atoms with van der Waals surface area (Å²) >= 11 is 0. The van der Waals surface area contributed by atoms with Gasteiger partial charge in [-0.25, -0.2) is 0 Å². The molecule has 2 aromatic carbocycles. The molecule has 0 aromatic heterocycles. The van der Waals surface area contributed by atoms with Crippen LogP contribution in [0.25, 0.3) is 0 Å². The number of nitrogens with zero attached hydrogens (tertiary/aromatic N) is 1. The second kappa shape index (κ2) is 5.34. The Labute approximate surface area is 125 Å². The molecule has 1 aliphatic heterocycles. The number of hydrogen-bond donors (Lipinski definition) is 1. The third kappa shape index (κ3) is 2.34. The van der Waals surface area contributed by atoms with Crippen LogP contribution in [0.1, 0.15) is 29.7 Å². The molecule has 0 aliphatic carbocycles. The third-order valence-corrected chi connectivity index (χ3v) is 4.18. The first-order valence-corrected chi connectivity index (χ1v) is 7.36. The van der Waals surface area contributed by atoms with E-state index in [-0.39, 0.29) is 11.9 Å². The molecule has 0 unspecified atom stereocenters. The molecule has 1 heterocycles. The van der Waals surface area contributed by atoms with Crippen molar-refractivity contribution in [3.63, 3.8) is 0 Å². The summed E-state index contributed by atoms with van der Waals surface area (Å²) in [5.41, 5.74) is 10.5. The second-order valence-corrected chi connectivity index (χ2v) is 5.61. The first-order valence-electron chi connectivity index (χ1n) is 7.36. The van der Waals surface area contributed by atoms with Crippen LogP contribution in [0.4, 0.5) is 5.69 Å². The molecule has 0 spiro atoms. The summed E-state index contributed by atoms with van der Waals surface area (Å²) in [5, 5.41) is 0. The Balaban J connectivity index is 1.92. The van der Waals surface area contributed by atoms with Crippen molar-refractivity contribution in [1.29, 1.82) is 0 Å². The standard InChI is InChI=1S/C18H20N2O/c1-3-13-6-10-15(11-7-13)20-17(16(19)18(20)21)14-8-4-12(2)5-9-14/h4-11,16-17H,3,19H2,1-2H3/t16-,17-/m1/s1. The Morgan fingerprint density at radius 1 is 1.05 bits per heavy atom. The highest BCUT2D eigenvalue weighted by Crippen LogP contribution is 2.38. The minimum Gasteiger partial charge on any atom is -0.318 e. The van der Waals surface area contributed by atoms with E-state index in [9.17, 15) is 4.79 Å². The predicted molar refractivity (Wildman–Crippen MR) is 85.2 cm³/mol. The molecule has 2 N–H and O–H groups in total. The molecule has 3 heteroatoms. The smallest absolute Gasteiger partial charge is 0.247 e. The highest BCUT2D eigenvalue weighted by Gasteiger charge is 2.46. The average Bonchev–Trinajstić information content (AvgIpc) is 2.53. The number of carbonyl (C=O) groups is 1. The van der Waals surface area contributed by atoms with E-state index >= 15 is 0 Å². The van der Waals surface area contributed by atoms with Crippen LogP contribution in [0, 0.1) is 6.92 Å². The molecule has 108 valence electrons. The zero-order valence-corrected chi connectivity index (χ0v) is 12.4. The topological polar surface area (TPSA) is 46.3 Å². The molecule has 0 saturated carbocycles. The van der Waals surface area contributed by atoms with E-state index in [2.05, 4.69) is 50.2 Å². The molecule has 2 aromatic rings. The highest BCUT2D eigenvalue weighted by molar-refractivity contribution is 6.05. The SMILES string of the molecule is CCc1ccc(N2C(=O)[C@H](N)[C@H]2c2ccc(C)cc2)cc1. The fourth-order valence-corrected chi connectivity index (χ4v) is 2.81. The molecule has 1 amide bonds. The Hall–Kier alpha value is -2.13. The summed E-state index contributed by atoms with van der Waals surface area (Å²) in [4.78, 5) is 14.0. The largest absolute Gasteiger partial charge is 0.318 e. The molecule has 3 nitrogen and oxygen atoms in total. The number of carbonyl (C=O) groups excluding carboxylic acids is 1. The van der Waals surface area contributed by atoms with Crippen molar-refractivity contribution < 1.29 is 4.79 Å². The van der Waals surface area contributed by atoms with Crippen molar-refractivity contribution in [2.45, 2.75) is 32.4 Å². The number of anilines is 1. The molecule has 21 heavy (non-hydrogen) atoms. The lowest BCUT2D eigenvalue weighted by Gasteiger charge is -2.45. The van der Waals surface area contributed by atoms with Gasteiger partial charge < -0.3 is 10.6 Å². The highest BCUT2D eigenvalue weighted by atomic mass is 16.2. The number of benzene rings is 2. The minimum absolute atomic E-state index is 0.00942. The lowest BCUT2D eigenvalue weighted by Crippen LogP contribution is -2.63. The Morgan fingerprint density at radius 2 is 1.67 bits per heavy atom. The molecular weight excluding hydrogens is 260 g/mol. The van der Waals surface area contributed by atoms with Crippen LogP contribution < -0.4 is 10.6 Å². The monoisotopic (exact) mass is 280 g/mol. The van der Waals surface area contributed by atoms with E-state index in [1.807, 2.05) is 12.1 Å². The van der Waals surface area contributed by atoms with E-state index in [0.717, 1.165) is 17.7 Å². The molecule has 0 radical (unpaired) electrons. The summed E-state index contributed by atoms with van der Waals surface area (Å²) in [6.45, 7) is 4.17. The van der Waals surface area contributed by atoms with Crippen LogP contribution in [0.2, 0.25) is 0 Å². The summed E-state index contributed by atoms with van der Waals surface area (Å²) in [6.07, 6.45) is 0.995. The molecule has 3 rings (SSSR count). The maximum atomic E-state index is 12.2. The lowest BCUT2D eigenvalue weighted by atomic mass is 9.88. The van der Waals surface area contributed by atoms with Crippen LogP contribution in [0.3, 0.4) is 0 Å². The zero-order chi connectivity index (χ0) is 15.0. The predicted octanol–water partition coefficient (Wildman–Crippen LogP) is 2.97. The molecule has 1 fully saturated rings. The first-order chi connectivity index (χ1) is 10.1. The summed E-state index contributed by atoms with van der Waals surface area (Å²) in [5.74, 6) is -0.00942. The number of aryl methyl sites for hydroxylation is 2. The van der Waals surface area contributed by atoms with E-state index in [4.69, 9.17) is 5.73 Å². The van der Waals surface area contributed by atoms with Crippen LogP contribution in [0.5, 0.6) is 0 Å². The van der Waals surface area contributed by atoms with E-state index < -0.39 is 6.04 Å². The minimum atomic E-state index is -0.446. The maximum Gasteiger partial charge on any atom is 0.247 e. The first kappa shape index (κ1) is 13.8. The maximum absolute atomic E-state index is 12.2. The van der Waals surface area contributed by atoms with Gasteiger partial charge in [0.25, 0.3) is 0 Å². The number of hydrogen-bond acceptors (Lipinski definition) is 2. The van der Waals surface area contributed by atoms with Crippen molar-refractivity contribution in [2.75, 3.05) is 4.90 Å². The van der Waals surface area contributed by atoms with Gasteiger partial charge in [0, 0.05) is 5.69 Å². The summed E-state index contributed by atoms with van der Waals surface area (Å²) in [6, 6.07) is 15.9. The molecule has 0 bridgehead atoms. The number of rotatable bonds is 3. The molecule has 1 saturated heterocycles. The van der Waals surface area contributed by atoms with Gasteiger partial charge >= 0.3 is 0 Å². The van der Waals surface area contributed by atoms with Gasteiger partial charge in [0.05, 0.1) is 6.04 Å². The van der Waals surface area contributed by atoms with Crippen molar-refractivity contribution in [3.05, 3.63) is 65.2 Å². The Kier molecular flexibility index (Phi) is 3.52.